The molecule has 2 aliphatic rings. The number of carbonyl (C=O) groups excluding carboxylic acids is 1. The van der Waals surface area contributed by atoms with Crippen LogP contribution in [0.1, 0.15) is 53.4 Å². The first-order valence-corrected chi connectivity index (χ1v) is 12.6. The van der Waals surface area contributed by atoms with Crippen molar-refractivity contribution in [2.45, 2.75) is 42.9 Å². The Labute approximate surface area is 184 Å². The van der Waals surface area contributed by atoms with Crippen LogP contribution in [0.4, 0.5) is 5.13 Å². The van der Waals surface area contributed by atoms with Crippen molar-refractivity contribution in [3.8, 4) is 0 Å². The molecule has 4 rings (SSSR count). The molecule has 0 bridgehead atoms. The first kappa shape index (κ1) is 21.6. The second-order valence-corrected chi connectivity index (χ2v) is 10.7. The van der Waals surface area contributed by atoms with E-state index in [4.69, 9.17) is 16.3 Å². The molecule has 2 heterocycles. The number of morpholine rings is 1. The van der Waals surface area contributed by atoms with Crippen molar-refractivity contribution in [3.05, 3.63) is 33.8 Å². The van der Waals surface area contributed by atoms with Gasteiger partial charge in [0.2, 0.25) is 15.2 Å². The number of halogens is 1. The van der Waals surface area contributed by atoms with Crippen molar-refractivity contribution in [3.63, 3.8) is 0 Å². The highest BCUT2D eigenvalue weighted by Crippen LogP contribution is 2.35. The standard InChI is InChI=1S/C19H23ClN4O4S2/c20-15-7-6-14(12-16(15)30(26,27)24-8-10-28-11-9-24)17(25)21-19-23-22-18(29-19)13-4-2-1-3-5-13/h6-7,12-13H,1-5,8-11H2,(H,21,23,25). The van der Waals surface area contributed by atoms with E-state index >= 15 is 0 Å². The summed E-state index contributed by atoms with van der Waals surface area (Å²) in [6.07, 6.45) is 5.84. The number of ether oxygens (including phenoxy) is 1. The lowest BCUT2D eigenvalue weighted by Crippen LogP contribution is -2.40. The van der Waals surface area contributed by atoms with Crippen molar-refractivity contribution in [1.82, 2.24) is 14.5 Å². The molecule has 0 unspecified atom stereocenters. The molecule has 1 aromatic heterocycles. The van der Waals surface area contributed by atoms with Gasteiger partial charge in [-0.15, -0.1) is 10.2 Å². The molecule has 1 aromatic carbocycles. The summed E-state index contributed by atoms with van der Waals surface area (Å²) in [5, 5.41) is 12.5. The monoisotopic (exact) mass is 470 g/mol. The molecule has 2 fully saturated rings. The molecule has 11 heteroatoms. The van der Waals surface area contributed by atoms with Crippen LogP contribution in [0.5, 0.6) is 0 Å². The number of rotatable bonds is 5. The molecular formula is C19H23ClN4O4S2. The zero-order valence-corrected chi connectivity index (χ0v) is 18.7. The van der Waals surface area contributed by atoms with E-state index in [1.54, 1.807) is 0 Å². The minimum atomic E-state index is -3.82. The highest BCUT2D eigenvalue weighted by Gasteiger charge is 2.29. The van der Waals surface area contributed by atoms with Crippen molar-refractivity contribution in [2.24, 2.45) is 0 Å². The maximum absolute atomic E-state index is 13.0. The number of nitrogens with one attached hydrogen (secondary N) is 1. The topological polar surface area (TPSA) is 101 Å². The average Bonchev–Trinajstić information content (AvgIpc) is 3.23. The number of sulfonamides is 1. The van der Waals surface area contributed by atoms with Crippen LogP contribution in [-0.4, -0.2) is 55.1 Å². The SMILES string of the molecule is O=C(Nc1nnc(C2CCCCC2)s1)c1ccc(Cl)c(S(=O)(=O)N2CCOCC2)c1. The number of hydrogen-bond donors (Lipinski definition) is 1. The molecule has 1 aliphatic carbocycles. The van der Waals surface area contributed by atoms with Gasteiger partial charge in [0.15, 0.2) is 0 Å². The Morgan fingerprint density at radius 3 is 2.63 bits per heavy atom. The minimum absolute atomic E-state index is 0.0774. The van der Waals surface area contributed by atoms with Gasteiger partial charge in [-0.2, -0.15) is 4.31 Å². The lowest BCUT2D eigenvalue weighted by atomic mass is 9.90. The average molecular weight is 471 g/mol. The molecule has 1 saturated heterocycles. The molecule has 30 heavy (non-hydrogen) atoms. The fourth-order valence-electron chi connectivity index (χ4n) is 3.74. The van der Waals surface area contributed by atoms with Gasteiger partial charge in [-0.3, -0.25) is 10.1 Å². The van der Waals surface area contributed by atoms with Gasteiger partial charge >= 0.3 is 0 Å². The van der Waals surface area contributed by atoms with Crippen LogP contribution in [0.3, 0.4) is 0 Å². The second kappa shape index (κ2) is 9.27. The van der Waals surface area contributed by atoms with Crippen molar-refractivity contribution < 1.29 is 17.9 Å². The van der Waals surface area contributed by atoms with E-state index < -0.39 is 15.9 Å². The predicted octanol–water partition coefficient (Wildman–Crippen LogP) is 3.51. The summed E-state index contributed by atoms with van der Waals surface area (Å²) in [5.74, 6) is -0.0425. The summed E-state index contributed by atoms with van der Waals surface area (Å²) in [6.45, 7) is 1.17. The van der Waals surface area contributed by atoms with Gasteiger partial charge in [0.1, 0.15) is 9.90 Å². The smallest absolute Gasteiger partial charge is 0.257 e. The van der Waals surface area contributed by atoms with E-state index in [9.17, 15) is 13.2 Å². The lowest BCUT2D eigenvalue weighted by Gasteiger charge is -2.26. The van der Waals surface area contributed by atoms with Gasteiger partial charge in [-0.25, -0.2) is 8.42 Å². The van der Waals surface area contributed by atoms with Gasteiger partial charge in [-0.05, 0) is 31.0 Å². The number of amides is 1. The van der Waals surface area contributed by atoms with Gasteiger partial charge < -0.3 is 4.74 Å². The molecule has 1 amide bonds. The fraction of sp³-hybridized carbons (Fsp3) is 0.526. The number of benzene rings is 1. The summed E-state index contributed by atoms with van der Waals surface area (Å²) in [6, 6.07) is 4.24. The largest absolute Gasteiger partial charge is 0.379 e. The van der Waals surface area contributed by atoms with Crippen LogP contribution in [0.15, 0.2) is 23.1 Å². The van der Waals surface area contributed by atoms with Crippen LogP contribution >= 0.6 is 22.9 Å². The summed E-state index contributed by atoms with van der Waals surface area (Å²) < 4.78 is 32.4. The third kappa shape index (κ3) is 4.67. The van der Waals surface area contributed by atoms with E-state index in [1.165, 1.54) is 53.1 Å². The highest BCUT2D eigenvalue weighted by molar-refractivity contribution is 7.89. The normalized spacial score (nSPS) is 19.0. The number of anilines is 1. The Kier molecular flexibility index (Phi) is 6.69. The molecule has 0 radical (unpaired) electrons. The molecule has 0 spiro atoms. The number of hydrogen-bond acceptors (Lipinski definition) is 7. The summed E-state index contributed by atoms with van der Waals surface area (Å²) in [7, 11) is -3.82. The number of carbonyl (C=O) groups is 1. The first-order chi connectivity index (χ1) is 14.4. The van der Waals surface area contributed by atoms with Gasteiger partial charge in [0, 0.05) is 24.6 Å². The maximum atomic E-state index is 13.0. The molecular weight excluding hydrogens is 448 g/mol. The Morgan fingerprint density at radius 1 is 1.17 bits per heavy atom. The van der Waals surface area contributed by atoms with E-state index in [0.717, 1.165) is 17.8 Å². The van der Waals surface area contributed by atoms with E-state index in [2.05, 4.69) is 15.5 Å². The van der Waals surface area contributed by atoms with Crippen LogP contribution < -0.4 is 5.32 Å². The second-order valence-electron chi connectivity index (χ2n) is 7.40. The Balaban J connectivity index is 1.51. The number of nitrogens with zero attached hydrogens (tertiary/aromatic N) is 3. The van der Waals surface area contributed by atoms with E-state index in [-0.39, 0.29) is 28.6 Å². The van der Waals surface area contributed by atoms with Crippen molar-refractivity contribution in [2.75, 3.05) is 31.6 Å². The molecule has 2 aromatic rings. The van der Waals surface area contributed by atoms with E-state index in [0.29, 0.717) is 24.3 Å². The Morgan fingerprint density at radius 2 is 1.90 bits per heavy atom. The zero-order valence-electron chi connectivity index (χ0n) is 16.3. The molecule has 162 valence electrons. The predicted molar refractivity (Wildman–Crippen MR) is 115 cm³/mol. The number of aromatic nitrogens is 2. The summed E-state index contributed by atoms with van der Waals surface area (Å²) in [4.78, 5) is 12.6. The van der Waals surface area contributed by atoms with Crippen molar-refractivity contribution >= 4 is 44.0 Å². The first-order valence-electron chi connectivity index (χ1n) is 9.97. The highest BCUT2D eigenvalue weighted by atomic mass is 35.5. The quantitative estimate of drug-likeness (QED) is 0.717. The molecule has 0 atom stereocenters. The molecule has 8 nitrogen and oxygen atoms in total. The van der Waals surface area contributed by atoms with Crippen LogP contribution in [-0.2, 0) is 14.8 Å². The maximum Gasteiger partial charge on any atom is 0.257 e. The van der Waals surface area contributed by atoms with Gasteiger partial charge in [-0.1, -0.05) is 42.2 Å². The lowest BCUT2D eigenvalue weighted by molar-refractivity contribution is 0.0730. The van der Waals surface area contributed by atoms with Crippen LogP contribution in [0.25, 0.3) is 0 Å². The van der Waals surface area contributed by atoms with Crippen molar-refractivity contribution in [1.29, 1.82) is 0 Å². The van der Waals surface area contributed by atoms with Gasteiger partial charge in [0.25, 0.3) is 5.91 Å². The van der Waals surface area contributed by atoms with Crippen LogP contribution in [0.2, 0.25) is 5.02 Å². The zero-order chi connectivity index (χ0) is 21.1. The Bertz CT molecular complexity index is 1020. The molecule has 1 saturated carbocycles. The van der Waals surface area contributed by atoms with E-state index in [1.807, 2.05) is 0 Å². The Hall–Kier alpha value is -1.59. The summed E-state index contributed by atoms with van der Waals surface area (Å²) in [5.41, 5.74) is 0.195. The third-order valence-corrected chi connectivity index (χ3v) is 8.78. The van der Waals surface area contributed by atoms with Gasteiger partial charge in [0.05, 0.1) is 18.2 Å². The molecule has 1 aliphatic heterocycles. The minimum Gasteiger partial charge on any atom is -0.379 e. The molecule has 1 N–H and O–H groups in total. The van der Waals surface area contributed by atoms with Crippen LogP contribution in [0, 0.1) is 0 Å². The third-order valence-electron chi connectivity index (χ3n) is 5.40. The summed E-state index contributed by atoms with van der Waals surface area (Å²) >= 11 is 7.54. The fourth-order valence-corrected chi connectivity index (χ4v) is 6.55.